The molecule has 1 saturated heterocycles. The number of hydrogen-bond acceptors (Lipinski definition) is 8. The van der Waals surface area contributed by atoms with Gasteiger partial charge in [0.15, 0.2) is 5.16 Å². The summed E-state index contributed by atoms with van der Waals surface area (Å²) >= 11 is 1.56. The molecule has 8 nitrogen and oxygen atoms in total. The molecular weight excluding hydrogens is 266 g/mol. The van der Waals surface area contributed by atoms with Crippen molar-refractivity contribution in [2.45, 2.75) is 29.9 Å². The fourth-order valence-electron chi connectivity index (χ4n) is 1.83. The van der Waals surface area contributed by atoms with Gasteiger partial charge in [0.1, 0.15) is 12.7 Å². The fraction of sp³-hybridized carbons (Fsp3) is 0.500. The largest absolute Gasteiger partial charge is 0.377 e. The monoisotopic (exact) mass is 279 g/mol. The molecule has 2 atom stereocenters. The molecule has 0 saturated carbocycles. The average molecular weight is 279 g/mol. The van der Waals surface area contributed by atoms with Gasteiger partial charge >= 0.3 is 0 Å². The number of hydrogen-bond donors (Lipinski definition) is 1. The van der Waals surface area contributed by atoms with Gasteiger partial charge in [-0.1, -0.05) is 11.8 Å². The number of thioether (sulfide) groups is 1. The van der Waals surface area contributed by atoms with Crippen LogP contribution < -0.4 is 5.73 Å². The molecule has 2 unspecified atom stereocenters. The Morgan fingerprint density at radius 1 is 1.42 bits per heavy atom. The molecule has 0 bridgehead atoms. The second-order valence-electron chi connectivity index (χ2n) is 4.14. The van der Waals surface area contributed by atoms with E-state index in [0.29, 0.717) is 16.4 Å². The Morgan fingerprint density at radius 2 is 2.32 bits per heavy atom. The molecule has 2 N–H and O–H groups in total. The Labute approximate surface area is 113 Å². The molecule has 0 aromatic carbocycles. The highest BCUT2D eigenvalue weighted by molar-refractivity contribution is 7.99. The van der Waals surface area contributed by atoms with Crippen molar-refractivity contribution in [1.29, 1.82) is 0 Å². The Bertz CT molecular complexity index is 561. The topological polar surface area (TPSA) is 105 Å². The summed E-state index contributed by atoms with van der Waals surface area (Å²) in [5.74, 6) is 0.550. The first-order chi connectivity index (χ1) is 9.22. The van der Waals surface area contributed by atoms with Crippen LogP contribution in [0.1, 0.15) is 13.3 Å². The van der Waals surface area contributed by atoms with E-state index >= 15 is 0 Å². The van der Waals surface area contributed by atoms with Gasteiger partial charge in [0.2, 0.25) is 5.95 Å². The molecule has 0 aliphatic carbocycles. The van der Waals surface area contributed by atoms with Crippen molar-refractivity contribution in [3.05, 3.63) is 12.7 Å². The summed E-state index contributed by atoms with van der Waals surface area (Å²) in [6.45, 7) is 2.82. The van der Waals surface area contributed by atoms with Gasteiger partial charge in [-0.2, -0.15) is 24.7 Å². The number of anilines is 1. The molecule has 3 rings (SSSR count). The van der Waals surface area contributed by atoms with Gasteiger partial charge in [-0.25, -0.2) is 4.98 Å². The van der Waals surface area contributed by atoms with E-state index in [1.165, 1.54) is 17.3 Å². The van der Waals surface area contributed by atoms with Gasteiger partial charge in [0, 0.05) is 11.9 Å². The van der Waals surface area contributed by atoms with Gasteiger partial charge in [-0.05, 0) is 13.3 Å². The molecule has 1 aliphatic rings. The molecule has 1 aliphatic heterocycles. The van der Waals surface area contributed by atoms with Crippen molar-refractivity contribution < 1.29 is 4.74 Å². The SMILES string of the molecule is CC1OCCC1Sc1nc(N)nc(-n2cncn2)n1. The van der Waals surface area contributed by atoms with Gasteiger partial charge in [0.05, 0.1) is 6.10 Å². The Balaban J connectivity index is 1.85. The third kappa shape index (κ3) is 2.66. The lowest BCUT2D eigenvalue weighted by molar-refractivity contribution is 0.127. The summed E-state index contributed by atoms with van der Waals surface area (Å²) < 4.78 is 6.97. The molecule has 3 heterocycles. The molecular formula is C10H13N7OS. The van der Waals surface area contributed by atoms with Crippen molar-refractivity contribution >= 4 is 17.7 Å². The lowest BCUT2D eigenvalue weighted by Gasteiger charge is -2.12. The summed E-state index contributed by atoms with van der Waals surface area (Å²) in [4.78, 5) is 16.4. The maximum absolute atomic E-state index is 5.71. The zero-order valence-electron chi connectivity index (χ0n) is 10.3. The van der Waals surface area contributed by atoms with Crippen LogP contribution in [0.4, 0.5) is 5.95 Å². The molecule has 0 radical (unpaired) electrons. The maximum Gasteiger partial charge on any atom is 0.257 e. The first kappa shape index (κ1) is 12.3. The minimum Gasteiger partial charge on any atom is -0.377 e. The third-order valence-electron chi connectivity index (χ3n) is 2.81. The fourth-order valence-corrected chi connectivity index (χ4v) is 2.87. The van der Waals surface area contributed by atoms with Crippen LogP contribution in [0.3, 0.4) is 0 Å². The van der Waals surface area contributed by atoms with Gasteiger partial charge in [-0.15, -0.1) is 0 Å². The minimum absolute atomic E-state index is 0.176. The van der Waals surface area contributed by atoms with E-state index in [1.807, 2.05) is 6.92 Å². The summed E-state index contributed by atoms with van der Waals surface area (Å²) in [6.07, 6.45) is 4.11. The van der Waals surface area contributed by atoms with Crippen LogP contribution >= 0.6 is 11.8 Å². The first-order valence-corrected chi connectivity index (χ1v) is 6.75. The Kier molecular flexibility index (Phi) is 3.30. The number of nitrogens with two attached hydrogens (primary N) is 1. The van der Waals surface area contributed by atoms with E-state index in [-0.39, 0.29) is 12.1 Å². The van der Waals surface area contributed by atoms with Crippen LogP contribution in [0.5, 0.6) is 0 Å². The second-order valence-corrected chi connectivity index (χ2v) is 5.34. The summed E-state index contributed by atoms with van der Waals surface area (Å²) in [6, 6.07) is 0. The minimum atomic E-state index is 0.176. The molecule has 100 valence electrons. The molecule has 2 aromatic heterocycles. The van der Waals surface area contributed by atoms with Crippen molar-refractivity contribution in [2.75, 3.05) is 12.3 Å². The van der Waals surface area contributed by atoms with E-state index < -0.39 is 0 Å². The van der Waals surface area contributed by atoms with Crippen LogP contribution in [-0.2, 0) is 4.74 Å². The predicted molar refractivity (Wildman–Crippen MR) is 68.8 cm³/mol. The van der Waals surface area contributed by atoms with Crippen LogP contribution in [0.15, 0.2) is 17.8 Å². The third-order valence-corrected chi connectivity index (χ3v) is 4.12. The number of nitrogens with zero attached hydrogens (tertiary/aromatic N) is 6. The van der Waals surface area contributed by atoms with E-state index in [0.717, 1.165) is 13.0 Å². The molecule has 0 amide bonds. The number of ether oxygens (including phenoxy) is 1. The average Bonchev–Trinajstić information content (AvgIpc) is 3.01. The highest BCUT2D eigenvalue weighted by Gasteiger charge is 2.26. The van der Waals surface area contributed by atoms with Crippen molar-refractivity contribution in [1.82, 2.24) is 29.7 Å². The standard InChI is InChI=1S/C10H13N7OS/c1-6-7(2-3-18-6)19-10-15-8(11)14-9(16-10)17-5-12-4-13-17/h4-7H,2-3H2,1H3,(H2,11,14,15,16). The molecule has 0 spiro atoms. The lowest BCUT2D eigenvalue weighted by atomic mass is 10.3. The summed E-state index contributed by atoms with van der Waals surface area (Å²) in [7, 11) is 0. The highest BCUT2D eigenvalue weighted by Crippen LogP contribution is 2.30. The van der Waals surface area contributed by atoms with Crippen LogP contribution in [0.25, 0.3) is 5.95 Å². The lowest BCUT2D eigenvalue weighted by Crippen LogP contribution is -2.15. The van der Waals surface area contributed by atoms with Crippen LogP contribution in [-0.4, -0.2) is 47.7 Å². The van der Waals surface area contributed by atoms with E-state index in [2.05, 4.69) is 25.0 Å². The maximum atomic E-state index is 5.71. The molecule has 9 heteroatoms. The van der Waals surface area contributed by atoms with E-state index in [9.17, 15) is 0 Å². The first-order valence-electron chi connectivity index (χ1n) is 5.87. The van der Waals surface area contributed by atoms with Crippen molar-refractivity contribution in [3.8, 4) is 5.95 Å². The van der Waals surface area contributed by atoms with Crippen molar-refractivity contribution in [3.63, 3.8) is 0 Å². The van der Waals surface area contributed by atoms with Gasteiger partial charge in [0.25, 0.3) is 5.95 Å². The van der Waals surface area contributed by atoms with E-state index in [1.54, 1.807) is 11.8 Å². The van der Waals surface area contributed by atoms with Crippen LogP contribution in [0, 0.1) is 0 Å². The smallest absolute Gasteiger partial charge is 0.257 e. The normalized spacial score (nSPS) is 22.8. The highest BCUT2D eigenvalue weighted by atomic mass is 32.2. The molecule has 1 fully saturated rings. The number of aromatic nitrogens is 6. The quantitative estimate of drug-likeness (QED) is 0.855. The molecule has 19 heavy (non-hydrogen) atoms. The van der Waals surface area contributed by atoms with Crippen molar-refractivity contribution in [2.24, 2.45) is 0 Å². The zero-order chi connectivity index (χ0) is 13.2. The number of nitrogen functional groups attached to an aromatic ring is 1. The van der Waals surface area contributed by atoms with Crippen LogP contribution in [0.2, 0.25) is 0 Å². The molecule has 2 aromatic rings. The van der Waals surface area contributed by atoms with E-state index in [4.69, 9.17) is 10.5 Å². The number of rotatable bonds is 3. The zero-order valence-corrected chi connectivity index (χ0v) is 11.1. The van der Waals surface area contributed by atoms with Gasteiger partial charge < -0.3 is 10.5 Å². The summed E-state index contributed by atoms with van der Waals surface area (Å²) in [5, 5.41) is 4.90. The summed E-state index contributed by atoms with van der Waals surface area (Å²) in [5.41, 5.74) is 5.71. The van der Waals surface area contributed by atoms with Gasteiger partial charge in [-0.3, -0.25) is 0 Å². The Morgan fingerprint density at radius 3 is 3.00 bits per heavy atom. The predicted octanol–water partition coefficient (Wildman–Crippen LogP) is 0.304. The second kappa shape index (κ2) is 5.10. The Hall–Kier alpha value is -1.74.